The van der Waals surface area contributed by atoms with Gasteiger partial charge in [0.15, 0.2) is 0 Å². The molecule has 0 atom stereocenters. The maximum Gasteiger partial charge on any atom is 0.142 e. The molecule has 0 amide bonds. The van der Waals surface area contributed by atoms with Gasteiger partial charge in [-0.15, -0.1) is 0 Å². The highest BCUT2D eigenvalue weighted by Gasteiger charge is 2.19. The topological polar surface area (TPSA) is 71.9 Å². The number of anilines is 1. The van der Waals surface area contributed by atoms with Gasteiger partial charge in [-0.05, 0) is 42.3 Å². The van der Waals surface area contributed by atoms with Gasteiger partial charge < -0.3 is 10.5 Å². The molecule has 4 aromatic rings. The van der Waals surface area contributed by atoms with Crippen LogP contribution in [-0.2, 0) is 0 Å². The van der Waals surface area contributed by atoms with E-state index in [1.54, 1.807) is 0 Å². The van der Waals surface area contributed by atoms with Crippen LogP contribution < -0.4 is 10.5 Å². The van der Waals surface area contributed by atoms with Gasteiger partial charge in [0.05, 0.1) is 0 Å². The fourth-order valence-corrected chi connectivity index (χ4v) is 3.43. The van der Waals surface area contributed by atoms with Crippen LogP contribution >= 0.6 is 0 Å². The second-order valence-electron chi connectivity index (χ2n) is 6.63. The van der Waals surface area contributed by atoms with Gasteiger partial charge in [0.1, 0.15) is 28.9 Å². The van der Waals surface area contributed by atoms with Gasteiger partial charge in [0, 0.05) is 16.8 Å². The SMILES string of the molecule is Cc1nc(N)c(C#N)c(-c2cccc(Oc3ccccc3)c2)c1-c1ccccc1. The Balaban J connectivity index is 1.91. The van der Waals surface area contributed by atoms with Gasteiger partial charge in [-0.25, -0.2) is 4.98 Å². The summed E-state index contributed by atoms with van der Waals surface area (Å²) in [5, 5.41) is 9.83. The highest BCUT2D eigenvalue weighted by atomic mass is 16.5. The Bertz CT molecular complexity index is 1200. The Morgan fingerprint density at radius 1 is 0.793 bits per heavy atom. The largest absolute Gasteiger partial charge is 0.457 e. The average molecular weight is 377 g/mol. The minimum Gasteiger partial charge on any atom is -0.457 e. The molecule has 0 aliphatic carbocycles. The van der Waals surface area contributed by atoms with E-state index in [0.717, 1.165) is 33.7 Å². The molecule has 0 radical (unpaired) electrons. The van der Waals surface area contributed by atoms with Crippen molar-refractivity contribution in [2.24, 2.45) is 0 Å². The van der Waals surface area contributed by atoms with E-state index in [4.69, 9.17) is 10.5 Å². The predicted molar refractivity (Wildman–Crippen MR) is 115 cm³/mol. The molecule has 0 aliphatic rings. The first kappa shape index (κ1) is 18.3. The zero-order chi connectivity index (χ0) is 20.2. The maximum absolute atomic E-state index is 9.83. The lowest BCUT2D eigenvalue weighted by molar-refractivity contribution is 0.483. The van der Waals surface area contributed by atoms with Crippen molar-refractivity contribution in [1.82, 2.24) is 4.98 Å². The summed E-state index contributed by atoms with van der Waals surface area (Å²) in [5.74, 6) is 1.66. The van der Waals surface area contributed by atoms with Gasteiger partial charge in [-0.2, -0.15) is 5.26 Å². The third-order valence-electron chi connectivity index (χ3n) is 4.68. The summed E-state index contributed by atoms with van der Waals surface area (Å²) in [4.78, 5) is 4.42. The molecule has 3 aromatic carbocycles. The van der Waals surface area contributed by atoms with Crippen molar-refractivity contribution in [3.8, 4) is 39.8 Å². The van der Waals surface area contributed by atoms with Crippen LogP contribution in [0.4, 0.5) is 5.82 Å². The molecule has 140 valence electrons. The molecular weight excluding hydrogens is 358 g/mol. The molecule has 29 heavy (non-hydrogen) atoms. The number of aryl methyl sites for hydroxylation is 1. The van der Waals surface area contributed by atoms with Crippen LogP contribution in [0.25, 0.3) is 22.3 Å². The van der Waals surface area contributed by atoms with E-state index < -0.39 is 0 Å². The summed E-state index contributed by atoms with van der Waals surface area (Å²) in [7, 11) is 0. The lowest BCUT2D eigenvalue weighted by atomic mass is 9.90. The molecule has 0 unspecified atom stereocenters. The predicted octanol–water partition coefficient (Wildman–Crippen LogP) is 5.97. The van der Waals surface area contributed by atoms with Crippen LogP contribution in [0.3, 0.4) is 0 Å². The Morgan fingerprint density at radius 2 is 1.41 bits per heavy atom. The molecule has 4 rings (SSSR count). The molecule has 0 aliphatic heterocycles. The number of hydrogen-bond acceptors (Lipinski definition) is 4. The highest BCUT2D eigenvalue weighted by Crippen LogP contribution is 2.39. The highest BCUT2D eigenvalue weighted by molar-refractivity contribution is 5.91. The molecular formula is C25H19N3O. The number of pyridine rings is 1. The molecule has 0 bridgehead atoms. The zero-order valence-corrected chi connectivity index (χ0v) is 16.0. The smallest absolute Gasteiger partial charge is 0.142 e. The first-order chi connectivity index (χ1) is 14.2. The lowest BCUT2D eigenvalue weighted by Crippen LogP contribution is -2.03. The third kappa shape index (κ3) is 3.67. The molecule has 1 aromatic heterocycles. The quantitative estimate of drug-likeness (QED) is 0.475. The van der Waals surface area contributed by atoms with Gasteiger partial charge in [0.2, 0.25) is 0 Å². The van der Waals surface area contributed by atoms with Crippen molar-refractivity contribution in [2.75, 3.05) is 5.73 Å². The monoisotopic (exact) mass is 377 g/mol. The number of nitrogens with two attached hydrogens (primary N) is 1. The number of ether oxygens (including phenoxy) is 1. The molecule has 0 fully saturated rings. The van der Waals surface area contributed by atoms with Crippen molar-refractivity contribution in [1.29, 1.82) is 5.26 Å². The number of rotatable bonds is 4. The number of nitriles is 1. The van der Waals surface area contributed by atoms with E-state index in [2.05, 4.69) is 11.1 Å². The molecule has 4 heteroatoms. The Kier molecular flexibility index (Phi) is 4.96. The number of benzene rings is 3. The van der Waals surface area contributed by atoms with Crippen molar-refractivity contribution < 1.29 is 4.74 Å². The molecule has 0 saturated carbocycles. The van der Waals surface area contributed by atoms with E-state index in [1.165, 1.54) is 0 Å². The molecule has 1 heterocycles. The summed E-state index contributed by atoms with van der Waals surface area (Å²) in [6, 6.07) is 29.4. The van der Waals surface area contributed by atoms with E-state index in [-0.39, 0.29) is 5.82 Å². The van der Waals surface area contributed by atoms with Crippen LogP contribution in [-0.4, -0.2) is 4.98 Å². The molecule has 0 saturated heterocycles. The van der Waals surface area contributed by atoms with E-state index in [1.807, 2.05) is 91.9 Å². The van der Waals surface area contributed by atoms with Crippen LogP contribution in [0, 0.1) is 18.3 Å². The fourth-order valence-electron chi connectivity index (χ4n) is 3.43. The van der Waals surface area contributed by atoms with Gasteiger partial charge >= 0.3 is 0 Å². The Morgan fingerprint density at radius 3 is 2.10 bits per heavy atom. The minimum absolute atomic E-state index is 0.231. The second kappa shape index (κ2) is 7.87. The van der Waals surface area contributed by atoms with Gasteiger partial charge in [-0.1, -0.05) is 60.7 Å². The summed E-state index contributed by atoms with van der Waals surface area (Å²) in [6.45, 7) is 1.91. The van der Waals surface area contributed by atoms with Crippen LogP contribution in [0.5, 0.6) is 11.5 Å². The van der Waals surface area contributed by atoms with Crippen LogP contribution in [0.15, 0.2) is 84.9 Å². The summed E-state index contributed by atoms with van der Waals surface area (Å²) < 4.78 is 5.99. The zero-order valence-electron chi connectivity index (χ0n) is 16.0. The normalized spacial score (nSPS) is 10.3. The average Bonchev–Trinajstić information content (AvgIpc) is 2.75. The number of para-hydroxylation sites is 1. The van der Waals surface area contributed by atoms with Crippen molar-refractivity contribution in [3.63, 3.8) is 0 Å². The van der Waals surface area contributed by atoms with E-state index in [9.17, 15) is 5.26 Å². The minimum atomic E-state index is 0.231. The molecule has 2 N–H and O–H groups in total. The van der Waals surface area contributed by atoms with E-state index >= 15 is 0 Å². The van der Waals surface area contributed by atoms with Gasteiger partial charge in [-0.3, -0.25) is 0 Å². The first-order valence-corrected chi connectivity index (χ1v) is 9.26. The summed E-state index contributed by atoms with van der Waals surface area (Å²) >= 11 is 0. The van der Waals surface area contributed by atoms with E-state index in [0.29, 0.717) is 11.3 Å². The number of nitrogens with zero attached hydrogens (tertiary/aromatic N) is 2. The number of aromatic nitrogens is 1. The van der Waals surface area contributed by atoms with Crippen molar-refractivity contribution in [2.45, 2.75) is 6.92 Å². The van der Waals surface area contributed by atoms with Crippen LogP contribution in [0.1, 0.15) is 11.3 Å². The standard InChI is InChI=1S/C25H19N3O/c1-17-23(18-9-4-2-5-10-18)24(22(16-26)25(27)28-17)19-11-8-14-21(15-19)29-20-12-6-3-7-13-20/h2-15H,1H3,(H2,27,28). The third-order valence-corrected chi connectivity index (χ3v) is 4.68. The maximum atomic E-state index is 9.83. The van der Waals surface area contributed by atoms with Crippen LogP contribution in [0.2, 0.25) is 0 Å². The molecule has 4 nitrogen and oxygen atoms in total. The number of nitrogen functional groups attached to an aromatic ring is 1. The van der Waals surface area contributed by atoms with Crippen molar-refractivity contribution in [3.05, 3.63) is 96.2 Å². The van der Waals surface area contributed by atoms with Gasteiger partial charge in [0.25, 0.3) is 0 Å². The fraction of sp³-hybridized carbons (Fsp3) is 0.0400. The summed E-state index contributed by atoms with van der Waals surface area (Å²) in [6.07, 6.45) is 0. The van der Waals surface area contributed by atoms with Crippen molar-refractivity contribution >= 4 is 5.82 Å². The Labute approximate surface area is 169 Å². The second-order valence-corrected chi connectivity index (χ2v) is 6.63. The molecule has 0 spiro atoms. The first-order valence-electron chi connectivity index (χ1n) is 9.26. The lowest BCUT2D eigenvalue weighted by Gasteiger charge is -2.17. The Hall–Kier alpha value is -4.10. The number of hydrogen-bond donors (Lipinski definition) is 1. The summed E-state index contributed by atoms with van der Waals surface area (Å²) in [5.41, 5.74) is 10.8.